The number of nitrogens with two attached hydrogens (primary N) is 1. The maximum absolute atomic E-state index is 5.47. The molecule has 296 valence electrons. The van der Waals surface area contributed by atoms with Crippen molar-refractivity contribution in [1.82, 2.24) is 19.5 Å². The number of benzene rings is 2. The molecule has 1 unspecified atom stereocenters. The van der Waals surface area contributed by atoms with E-state index in [0.717, 1.165) is 69.0 Å². The van der Waals surface area contributed by atoms with E-state index in [1.54, 1.807) is 0 Å². The molecule has 0 bridgehead atoms. The van der Waals surface area contributed by atoms with Gasteiger partial charge >= 0.3 is 0 Å². The highest BCUT2D eigenvalue weighted by molar-refractivity contribution is 6.08. The number of aromatic nitrogens is 4. The van der Waals surface area contributed by atoms with Crippen LogP contribution in [0.25, 0.3) is 38.6 Å². The first-order chi connectivity index (χ1) is 28.3. The zero-order chi connectivity index (χ0) is 42.0. The standard InChI is InChI=1S/C41H36N4.C8H11N.2C2H6/c1-6-11-36(35(7-2)37-25-42-19-16-29(37)4)30(5)33-22-32(28(3)14-15-31-12-9-8-10-13-31)23-34(24-33)45-40-17-20-43-26-38(40)39-27-44-21-18-41(39)45;1-7(9)8-5-3-2-4-6-8;2*1-2/h7-14,16-27,30H,1-2,15H2,3-5H3;2-3,5H,1,4,6,9H2;2*1-2H3/b28-14+,36-35-;;;. The lowest BCUT2D eigenvalue weighted by atomic mass is 9.85. The zero-order valence-electron chi connectivity index (χ0n) is 35.5. The van der Waals surface area contributed by atoms with E-state index in [9.17, 15) is 0 Å². The molecule has 5 nitrogen and oxygen atoms in total. The van der Waals surface area contributed by atoms with E-state index in [4.69, 9.17) is 5.73 Å². The summed E-state index contributed by atoms with van der Waals surface area (Å²) in [6.07, 6.45) is 26.7. The van der Waals surface area contributed by atoms with Crippen molar-refractivity contribution < 1.29 is 0 Å². The predicted molar refractivity (Wildman–Crippen MR) is 251 cm³/mol. The minimum atomic E-state index is 0.00361. The minimum Gasteiger partial charge on any atom is -0.399 e. The Kier molecular flexibility index (Phi) is 16.9. The summed E-state index contributed by atoms with van der Waals surface area (Å²) in [5.74, 6) is 0.00361. The van der Waals surface area contributed by atoms with Gasteiger partial charge in [0.2, 0.25) is 0 Å². The topological polar surface area (TPSA) is 69.6 Å². The van der Waals surface area contributed by atoms with Gasteiger partial charge in [0.1, 0.15) is 0 Å². The molecule has 4 heterocycles. The maximum Gasteiger partial charge on any atom is 0.0572 e. The van der Waals surface area contributed by atoms with E-state index in [0.29, 0.717) is 5.70 Å². The van der Waals surface area contributed by atoms with Gasteiger partial charge in [0.15, 0.2) is 0 Å². The fourth-order valence-corrected chi connectivity index (χ4v) is 6.96. The lowest BCUT2D eigenvalue weighted by molar-refractivity contribution is 0.920. The summed E-state index contributed by atoms with van der Waals surface area (Å²) >= 11 is 0. The number of nitrogens with zero attached hydrogens (tertiary/aromatic N) is 4. The van der Waals surface area contributed by atoms with Crippen LogP contribution in [-0.2, 0) is 6.42 Å². The number of hydrogen-bond acceptors (Lipinski definition) is 4. The summed E-state index contributed by atoms with van der Waals surface area (Å²) in [4.78, 5) is 13.3. The molecule has 0 radical (unpaired) electrons. The Bertz CT molecular complexity index is 2450. The molecule has 6 aromatic rings. The first kappa shape index (κ1) is 44.2. The third-order valence-electron chi connectivity index (χ3n) is 10.0. The van der Waals surface area contributed by atoms with E-state index in [-0.39, 0.29) is 5.92 Å². The Morgan fingerprint density at radius 3 is 2.09 bits per heavy atom. The molecule has 0 spiro atoms. The Hall–Kier alpha value is -6.55. The Morgan fingerprint density at radius 1 is 0.897 bits per heavy atom. The fourth-order valence-electron chi connectivity index (χ4n) is 6.96. The highest BCUT2D eigenvalue weighted by Crippen LogP contribution is 2.38. The average Bonchev–Trinajstić information content (AvgIpc) is 3.62. The lowest BCUT2D eigenvalue weighted by Gasteiger charge is -2.21. The summed E-state index contributed by atoms with van der Waals surface area (Å²) in [7, 11) is 0. The van der Waals surface area contributed by atoms with Crippen LogP contribution in [0.2, 0.25) is 0 Å². The Balaban J connectivity index is 0.000000496. The quantitative estimate of drug-likeness (QED) is 0.111. The molecular formula is C53H59N5. The molecule has 0 saturated carbocycles. The van der Waals surface area contributed by atoms with Crippen LogP contribution in [0.15, 0.2) is 183 Å². The van der Waals surface area contributed by atoms with Gasteiger partial charge in [-0.3, -0.25) is 15.0 Å². The van der Waals surface area contributed by atoms with Crippen LogP contribution in [0, 0.1) is 6.92 Å². The highest BCUT2D eigenvalue weighted by atomic mass is 15.0. The van der Waals surface area contributed by atoms with Crippen LogP contribution >= 0.6 is 0 Å². The number of hydrogen-bond donors (Lipinski definition) is 1. The number of rotatable bonds is 10. The molecule has 1 atom stereocenters. The summed E-state index contributed by atoms with van der Waals surface area (Å²) in [6.45, 7) is 26.3. The van der Waals surface area contributed by atoms with Crippen molar-refractivity contribution in [2.75, 3.05) is 0 Å². The molecule has 4 aromatic heterocycles. The van der Waals surface area contributed by atoms with Crippen LogP contribution in [-0.4, -0.2) is 19.5 Å². The smallest absolute Gasteiger partial charge is 0.0572 e. The van der Waals surface area contributed by atoms with Crippen molar-refractivity contribution in [2.24, 2.45) is 5.73 Å². The van der Waals surface area contributed by atoms with Crippen molar-refractivity contribution in [3.8, 4) is 5.69 Å². The van der Waals surface area contributed by atoms with Gasteiger partial charge in [-0.05, 0) is 114 Å². The van der Waals surface area contributed by atoms with Crippen molar-refractivity contribution in [2.45, 2.75) is 73.6 Å². The monoisotopic (exact) mass is 765 g/mol. The Labute approximate surface area is 346 Å². The molecular weight excluding hydrogens is 707 g/mol. The summed E-state index contributed by atoms with van der Waals surface area (Å²) in [5, 5.41) is 2.15. The Morgan fingerprint density at radius 2 is 1.53 bits per heavy atom. The molecule has 58 heavy (non-hydrogen) atoms. The predicted octanol–water partition coefficient (Wildman–Crippen LogP) is 13.8. The number of pyridine rings is 3. The molecule has 0 amide bonds. The number of allylic oxidation sites excluding steroid dienone is 10. The van der Waals surface area contributed by atoms with Crippen LogP contribution in [0.5, 0.6) is 0 Å². The van der Waals surface area contributed by atoms with Crippen LogP contribution < -0.4 is 5.73 Å². The van der Waals surface area contributed by atoms with E-state index in [1.165, 1.54) is 27.8 Å². The van der Waals surface area contributed by atoms with Gasteiger partial charge in [0.05, 0.1) is 11.0 Å². The van der Waals surface area contributed by atoms with Gasteiger partial charge in [0, 0.05) is 70.8 Å². The number of fused-ring (bicyclic) bond motifs is 3. The molecule has 0 saturated heterocycles. The van der Waals surface area contributed by atoms with Crippen LogP contribution in [0.3, 0.4) is 0 Å². The van der Waals surface area contributed by atoms with Crippen molar-refractivity contribution in [3.05, 3.63) is 210 Å². The fraction of sp³-hybridized carbons (Fsp3) is 0.208. The second kappa shape index (κ2) is 22.3. The highest BCUT2D eigenvalue weighted by Gasteiger charge is 2.20. The normalized spacial score (nSPS) is 12.9. The third-order valence-corrected chi connectivity index (χ3v) is 10.0. The molecule has 2 aromatic carbocycles. The average molecular weight is 766 g/mol. The van der Waals surface area contributed by atoms with Crippen molar-refractivity contribution in [3.63, 3.8) is 0 Å². The summed E-state index contributed by atoms with van der Waals surface area (Å²) in [6, 6.07) is 23.7. The molecule has 0 fully saturated rings. The van der Waals surface area contributed by atoms with Gasteiger partial charge in [-0.25, -0.2) is 0 Å². The van der Waals surface area contributed by atoms with Gasteiger partial charge < -0.3 is 10.3 Å². The molecule has 1 aliphatic rings. The van der Waals surface area contributed by atoms with E-state index in [1.807, 2.05) is 95.2 Å². The molecule has 5 heteroatoms. The van der Waals surface area contributed by atoms with Gasteiger partial charge in [-0.15, -0.1) is 5.73 Å². The van der Waals surface area contributed by atoms with Crippen molar-refractivity contribution >= 4 is 33.0 Å². The SMILES string of the molecule is C=C(N)C1=CC=CCC1.C=C=C/C(=C(\C=C)c1cnccc1C)C(C)c1cc(/C(C)=C/Cc2ccccc2)cc(-n2c3ccncc3c3cnccc32)c1.CC.CC. The second-order valence-electron chi connectivity index (χ2n) is 13.5. The third kappa shape index (κ3) is 10.6. The van der Waals surface area contributed by atoms with Crippen LogP contribution in [0.1, 0.15) is 88.1 Å². The second-order valence-corrected chi connectivity index (χ2v) is 13.5. The van der Waals surface area contributed by atoms with Crippen LogP contribution in [0.4, 0.5) is 0 Å². The summed E-state index contributed by atoms with van der Waals surface area (Å²) in [5.41, 5.74) is 22.8. The van der Waals surface area contributed by atoms with E-state index < -0.39 is 0 Å². The molecule has 1 aliphatic carbocycles. The molecule has 7 rings (SSSR count). The largest absolute Gasteiger partial charge is 0.399 e. The summed E-state index contributed by atoms with van der Waals surface area (Å²) < 4.78 is 2.32. The van der Waals surface area contributed by atoms with E-state index in [2.05, 4.69) is 139 Å². The van der Waals surface area contributed by atoms with Gasteiger partial charge in [0.25, 0.3) is 0 Å². The van der Waals surface area contributed by atoms with E-state index >= 15 is 0 Å². The first-order valence-corrected chi connectivity index (χ1v) is 20.3. The molecule has 0 aliphatic heterocycles. The zero-order valence-corrected chi connectivity index (χ0v) is 35.5. The van der Waals surface area contributed by atoms with Gasteiger partial charge in [-0.1, -0.05) is 121 Å². The molecule has 2 N–H and O–H groups in total. The minimum absolute atomic E-state index is 0.00361. The lowest BCUT2D eigenvalue weighted by Crippen LogP contribution is -2.04. The number of aryl methyl sites for hydroxylation is 1. The van der Waals surface area contributed by atoms with Crippen molar-refractivity contribution in [1.29, 1.82) is 0 Å². The first-order valence-electron chi connectivity index (χ1n) is 20.3. The maximum atomic E-state index is 5.47. The van der Waals surface area contributed by atoms with Gasteiger partial charge in [-0.2, -0.15) is 0 Å².